The minimum Gasteiger partial charge on any atom is -0.465 e. The van der Waals surface area contributed by atoms with Crippen LogP contribution >= 0.6 is 0 Å². The number of aliphatic hydroxyl groups excluding tert-OH is 1. The van der Waals surface area contributed by atoms with E-state index in [0.717, 1.165) is 0 Å². The number of carbonyl (C=O) groups is 1. The molecule has 0 amide bonds. The van der Waals surface area contributed by atoms with Crippen LogP contribution in [-0.2, 0) is 9.53 Å². The van der Waals surface area contributed by atoms with Crippen molar-refractivity contribution in [3.63, 3.8) is 0 Å². The normalized spacial score (nSPS) is 30.0. The van der Waals surface area contributed by atoms with Gasteiger partial charge in [-0.2, -0.15) is 0 Å². The number of hydrogen-bond donors (Lipinski definition) is 1. The third kappa shape index (κ3) is 1.42. The summed E-state index contributed by atoms with van der Waals surface area (Å²) < 4.78 is 4.63. The lowest BCUT2D eigenvalue weighted by atomic mass is 10.0. The molecule has 1 N–H and O–H groups in total. The van der Waals surface area contributed by atoms with Gasteiger partial charge in [0, 0.05) is 5.92 Å². The summed E-state index contributed by atoms with van der Waals surface area (Å²) >= 11 is 0. The monoisotopic (exact) mass is 130 g/mol. The van der Waals surface area contributed by atoms with Crippen LogP contribution in [0.5, 0.6) is 0 Å². The van der Waals surface area contributed by atoms with Gasteiger partial charge in [-0.1, -0.05) is 0 Å². The molecule has 3 heteroatoms. The maximum atomic E-state index is 10.4. The highest BCUT2D eigenvalue weighted by Crippen LogP contribution is 2.16. The van der Waals surface area contributed by atoms with E-state index in [9.17, 15) is 4.79 Å². The molecule has 2 atom stereocenters. The fourth-order valence-electron chi connectivity index (χ4n) is 0.842. The van der Waals surface area contributed by atoms with Crippen molar-refractivity contribution >= 4 is 5.97 Å². The van der Waals surface area contributed by atoms with E-state index >= 15 is 0 Å². The summed E-state index contributed by atoms with van der Waals surface area (Å²) in [5, 5.41) is 8.94. The standard InChI is InChI=1S/C6H10O3/c1-4(7)5-2-6(8)9-3-5/h4-5,7H,2-3H2,1H3. The summed E-state index contributed by atoms with van der Waals surface area (Å²) in [7, 11) is 0. The number of esters is 1. The van der Waals surface area contributed by atoms with Gasteiger partial charge in [-0.3, -0.25) is 4.79 Å². The van der Waals surface area contributed by atoms with Gasteiger partial charge in [0.25, 0.3) is 0 Å². The van der Waals surface area contributed by atoms with Gasteiger partial charge in [0.2, 0.25) is 0 Å². The minimum absolute atomic E-state index is 0.0255. The van der Waals surface area contributed by atoms with E-state index in [4.69, 9.17) is 5.11 Å². The molecular formula is C6H10O3. The van der Waals surface area contributed by atoms with Crippen molar-refractivity contribution in [1.29, 1.82) is 0 Å². The molecule has 0 aromatic carbocycles. The summed E-state index contributed by atoms with van der Waals surface area (Å²) in [5.74, 6) is -0.168. The topological polar surface area (TPSA) is 46.5 Å². The quantitative estimate of drug-likeness (QED) is 0.505. The molecule has 1 aliphatic rings. The highest BCUT2D eigenvalue weighted by molar-refractivity contribution is 5.71. The van der Waals surface area contributed by atoms with Gasteiger partial charge in [0.05, 0.1) is 19.1 Å². The Labute approximate surface area is 53.6 Å². The first kappa shape index (κ1) is 6.55. The molecule has 0 spiro atoms. The maximum absolute atomic E-state index is 10.4. The first-order valence-corrected chi connectivity index (χ1v) is 3.04. The van der Waals surface area contributed by atoms with E-state index < -0.39 is 6.10 Å². The average molecular weight is 130 g/mol. The zero-order valence-corrected chi connectivity index (χ0v) is 5.33. The smallest absolute Gasteiger partial charge is 0.306 e. The van der Waals surface area contributed by atoms with Crippen molar-refractivity contribution in [1.82, 2.24) is 0 Å². The van der Waals surface area contributed by atoms with Crippen molar-refractivity contribution in [2.45, 2.75) is 19.4 Å². The average Bonchev–Trinajstić information content (AvgIpc) is 2.14. The molecule has 1 aliphatic heterocycles. The van der Waals surface area contributed by atoms with Gasteiger partial charge in [-0.25, -0.2) is 0 Å². The Bertz CT molecular complexity index is 119. The van der Waals surface area contributed by atoms with Crippen LogP contribution in [0.15, 0.2) is 0 Å². The third-order valence-electron chi connectivity index (χ3n) is 1.57. The lowest BCUT2D eigenvalue weighted by Gasteiger charge is -2.07. The fourth-order valence-corrected chi connectivity index (χ4v) is 0.842. The molecule has 0 aromatic rings. The Hall–Kier alpha value is -0.570. The van der Waals surface area contributed by atoms with Gasteiger partial charge in [-0.15, -0.1) is 0 Å². The molecule has 0 bridgehead atoms. The SMILES string of the molecule is CC(O)C1COC(=O)C1. The van der Waals surface area contributed by atoms with Crippen molar-refractivity contribution in [2.75, 3.05) is 6.61 Å². The van der Waals surface area contributed by atoms with Crippen molar-refractivity contribution in [2.24, 2.45) is 5.92 Å². The lowest BCUT2D eigenvalue weighted by molar-refractivity contribution is -0.137. The van der Waals surface area contributed by atoms with Crippen molar-refractivity contribution in [3.8, 4) is 0 Å². The number of hydrogen-bond acceptors (Lipinski definition) is 3. The highest BCUT2D eigenvalue weighted by Gasteiger charge is 2.26. The van der Waals surface area contributed by atoms with E-state index in [1.807, 2.05) is 0 Å². The zero-order valence-electron chi connectivity index (χ0n) is 5.33. The largest absolute Gasteiger partial charge is 0.465 e. The number of carbonyl (C=O) groups excluding carboxylic acids is 1. The van der Waals surface area contributed by atoms with E-state index in [-0.39, 0.29) is 11.9 Å². The summed E-state index contributed by atoms with van der Waals surface area (Å²) in [6, 6.07) is 0. The van der Waals surface area contributed by atoms with Crippen LogP contribution in [0.3, 0.4) is 0 Å². The van der Waals surface area contributed by atoms with E-state index in [1.54, 1.807) is 6.92 Å². The molecule has 0 saturated carbocycles. The van der Waals surface area contributed by atoms with Gasteiger partial charge in [0.1, 0.15) is 0 Å². The van der Waals surface area contributed by atoms with Gasteiger partial charge < -0.3 is 9.84 Å². The van der Waals surface area contributed by atoms with E-state index in [2.05, 4.69) is 4.74 Å². The molecule has 1 rings (SSSR count). The predicted octanol–water partition coefficient (Wildman–Crippen LogP) is -0.0697. The van der Waals surface area contributed by atoms with Crippen molar-refractivity contribution in [3.05, 3.63) is 0 Å². The summed E-state index contributed by atoms with van der Waals surface area (Å²) in [6.07, 6.45) is -0.0473. The zero-order chi connectivity index (χ0) is 6.85. The Morgan fingerprint density at radius 1 is 1.89 bits per heavy atom. The minimum atomic E-state index is -0.420. The molecule has 0 radical (unpaired) electrons. The van der Waals surface area contributed by atoms with Crippen LogP contribution < -0.4 is 0 Å². The Morgan fingerprint density at radius 3 is 2.78 bits per heavy atom. The molecule has 1 saturated heterocycles. The lowest BCUT2D eigenvalue weighted by Crippen LogP contribution is -2.15. The molecule has 9 heavy (non-hydrogen) atoms. The molecule has 0 aromatic heterocycles. The van der Waals surface area contributed by atoms with Crippen LogP contribution in [-0.4, -0.2) is 23.8 Å². The number of rotatable bonds is 1. The number of aliphatic hydroxyl groups is 1. The molecule has 52 valence electrons. The van der Waals surface area contributed by atoms with E-state index in [0.29, 0.717) is 13.0 Å². The Kier molecular flexibility index (Phi) is 1.71. The fraction of sp³-hybridized carbons (Fsp3) is 0.833. The highest BCUT2D eigenvalue weighted by atomic mass is 16.5. The van der Waals surface area contributed by atoms with Crippen LogP contribution in [0.2, 0.25) is 0 Å². The van der Waals surface area contributed by atoms with Crippen LogP contribution in [0, 0.1) is 5.92 Å². The Morgan fingerprint density at radius 2 is 2.56 bits per heavy atom. The first-order chi connectivity index (χ1) is 4.20. The summed E-state index contributed by atoms with van der Waals surface area (Å²) in [6.45, 7) is 2.06. The van der Waals surface area contributed by atoms with Gasteiger partial charge in [-0.05, 0) is 6.92 Å². The molecule has 1 fully saturated rings. The second kappa shape index (κ2) is 2.35. The Balaban J connectivity index is 2.39. The maximum Gasteiger partial charge on any atom is 0.306 e. The van der Waals surface area contributed by atoms with Gasteiger partial charge in [0.15, 0.2) is 0 Å². The molecular weight excluding hydrogens is 120 g/mol. The predicted molar refractivity (Wildman–Crippen MR) is 30.7 cm³/mol. The molecule has 0 aliphatic carbocycles. The first-order valence-electron chi connectivity index (χ1n) is 3.04. The molecule has 3 nitrogen and oxygen atoms in total. The molecule has 2 unspecified atom stereocenters. The third-order valence-corrected chi connectivity index (χ3v) is 1.57. The van der Waals surface area contributed by atoms with Crippen LogP contribution in [0.4, 0.5) is 0 Å². The van der Waals surface area contributed by atoms with E-state index in [1.165, 1.54) is 0 Å². The number of cyclic esters (lactones) is 1. The van der Waals surface area contributed by atoms with Crippen LogP contribution in [0.25, 0.3) is 0 Å². The summed E-state index contributed by atoms with van der Waals surface area (Å²) in [5.41, 5.74) is 0. The molecule has 1 heterocycles. The number of ether oxygens (including phenoxy) is 1. The second-order valence-corrected chi connectivity index (χ2v) is 2.39. The summed E-state index contributed by atoms with van der Waals surface area (Å²) in [4.78, 5) is 10.4. The van der Waals surface area contributed by atoms with Gasteiger partial charge >= 0.3 is 5.97 Å². The van der Waals surface area contributed by atoms with Crippen LogP contribution in [0.1, 0.15) is 13.3 Å². The second-order valence-electron chi connectivity index (χ2n) is 2.39. The van der Waals surface area contributed by atoms with Crippen molar-refractivity contribution < 1.29 is 14.6 Å².